The molecule has 3 aromatic rings. The van der Waals surface area contributed by atoms with Crippen molar-refractivity contribution >= 4 is 22.9 Å². The number of amides is 1. The Morgan fingerprint density at radius 3 is 2.73 bits per heavy atom. The van der Waals surface area contributed by atoms with Gasteiger partial charge in [-0.3, -0.25) is 4.79 Å². The minimum Gasteiger partial charge on any atom is -0.494 e. The maximum absolute atomic E-state index is 14.3. The number of ether oxygens (including phenoxy) is 1. The number of carbonyl (C=O) groups excluding carboxylic acids is 1. The minimum atomic E-state index is -0.292. The van der Waals surface area contributed by atoms with Gasteiger partial charge >= 0.3 is 0 Å². The molecule has 4 rings (SSSR count). The molecule has 1 N–H and O–H groups in total. The molecule has 0 saturated heterocycles. The monoisotopic (exact) mass is 367 g/mol. The van der Waals surface area contributed by atoms with Gasteiger partial charge in [0.2, 0.25) is 5.91 Å². The van der Waals surface area contributed by atoms with E-state index >= 15 is 0 Å². The van der Waals surface area contributed by atoms with Crippen molar-refractivity contribution in [2.45, 2.75) is 19.3 Å². The summed E-state index contributed by atoms with van der Waals surface area (Å²) in [4.78, 5) is 13.4. The summed E-state index contributed by atoms with van der Waals surface area (Å²) in [6.45, 7) is 2.50. The molecule has 3 nitrogen and oxygen atoms in total. The lowest BCUT2D eigenvalue weighted by Gasteiger charge is -2.25. The fourth-order valence-electron chi connectivity index (χ4n) is 3.41. The second-order valence-corrected chi connectivity index (χ2v) is 7.06. The number of rotatable bonds is 4. The van der Waals surface area contributed by atoms with Crippen molar-refractivity contribution in [2.75, 3.05) is 11.9 Å². The molecule has 1 aliphatic heterocycles. The van der Waals surface area contributed by atoms with Crippen molar-refractivity contribution in [2.24, 2.45) is 0 Å². The van der Waals surface area contributed by atoms with E-state index in [1.807, 2.05) is 36.6 Å². The number of benzene rings is 2. The van der Waals surface area contributed by atoms with Crippen molar-refractivity contribution < 1.29 is 13.9 Å². The number of anilines is 1. The highest BCUT2D eigenvalue weighted by Gasteiger charge is 2.32. The Bertz CT molecular complexity index is 966. The molecule has 1 aromatic heterocycles. The first-order valence-corrected chi connectivity index (χ1v) is 9.45. The van der Waals surface area contributed by atoms with Crippen LogP contribution in [0.5, 0.6) is 5.75 Å². The lowest BCUT2D eigenvalue weighted by molar-refractivity contribution is -0.116. The van der Waals surface area contributed by atoms with E-state index in [4.69, 9.17) is 4.74 Å². The van der Waals surface area contributed by atoms with Gasteiger partial charge in [0.05, 0.1) is 12.3 Å². The van der Waals surface area contributed by atoms with Gasteiger partial charge in [-0.2, -0.15) is 0 Å². The van der Waals surface area contributed by atoms with E-state index in [0.29, 0.717) is 24.3 Å². The number of para-hydroxylation sites is 1. The molecule has 2 aromatic carbocycles. The molecule has 0 unspecified atom stereocenters. The summed E-state index contributed by atoms with van der Waals surface area (Å²) >= 11 is 1.55. The quantitative estimate of drug-likeness (QED) is 0.668. The molecule has 5 heteroatoms. The third kappa shape index (κ3) is 2.88. The fraction of sp³-hybridized carbons (Fsp3) is 0.190. The van der Waals surface area contributed by atoms with Gasteiger partial charge < -0.3 is 10.1 Å². The van der Waals surface area contributed by atoms with Crippen LogP contribution in [0.15, 0.2) is 53.9 Å². The van der Waals surface area contributed by atoms with Crippen LogP contribution in [0.4, 0.5) is 10.1 Å². The van der Waals surface area contributed by atoms with Crippen LogP contribution in [0.1, 0.15) is 29.7 Å². The fourth-order valence-corrected chi connectivity index (χ4v) is 4.55. The summed E-state index contributed by atoms with van der Waals surface area (Å²) in [6.07, 6.45) is 0.355. The second-order valence-electron chi connectivity index (χ2n) is 6.14. The average Bonchev–Trinajstić information content (AvgIpc) is 3.06. The molecule has 1 aliphatic rings. The molecule has 132 valence electrons. The highest BCUT2D eigenvalue weighted by Crippen LogP contribution is 2.48. The number of hydrogen-bond donors (Lipinski definition) is 1. The zero-order chi connectivity index (χ0) is 18.1. The lowest BCUT2D eigenvalue weighted by atomic mass is 9.88. The largest absolute Gasteiger partial charge is 0.494 e. The van der Waals surface area contributed by atoms with Crippen LogP contribution in [0, 0.1) is 5.82 Å². The number of nitrogens with one attached hydrogen (secondary N) is 1. The second kappa shape index (κ2) is 6.92. The first-order chi connectivity index (χ1) is 12.7. The van der Waals surface area contributed by atoms with E-state index in [9.17, 15) is 9.18 Å². The molecular weight excluding hydrogens is 349 g/mol. The van der Waals surface area contributed by atoms with Crippen LogP contribution in [-0.2, 0) is 4.79 Å². The Morgan fingerprint density at radius 2 is 1.92 bits per heavy atom. The van der Waals surface area contributed by atoms with E-state index in [0.717, 1.165) is 21.8 Å². The van der Waals surface area contributed by atoms with Crippen molar-refractivity contribution in [3.05, 3.63) is 70.2 Å². The summed E-state index contributed by atoms with van der Waals surface area (Å²) < 4.78 is 20.0. The van der Waals surface area contributed by atoms with E-state index in [1.54, 1.807) is 29.5 Å². The van der Waals surface area contributed by atoms with Crippen molar-refractivity contribution in [1.82, 2.24) is 0 Å². The first kappa shape index (κ1) is 16.8. The molecule has 2 heterocycles. The van der Waals surface area contributed by atoms with Crippen LogP contribution < -0.4 is 10.1 Å². The van der Waals surface area contributed by atoms with Gasteiger partial charge in [-0.05, 0) is 19.1 Å². The lowest BCUT2D eigenvalue weighted by Crippen LogP contribution is -2.22. The summed E-state index contributed by atoms with van der Waals surface area (Å²) in [6, 6.07) is 14.4. The molecule has 26 heavy (non-hydrogen) atoms. The van der Waals surface area contributed by atoms with Crippen LogP contribution in [-0.4, -0.2) is 12.5 Å². The molecule has 0 bridgehead atoms. The average molecular weight is 367 g/mol. The highest BCUT2D eigenvalue weighted by atomic mass is 32.1. The summed E-state index contributed by atoms with van der Waals surface area (Å²) in [5.41, 5.74) is 2.94. The van der Waals surface area contributed by atoms with Crippen LogP contribution in [0.2, 0.25) is 0 Å². The Morgan fingerprint density at radius 1 is 1.15 bits per heavy atom. The Labute approximate surface area is 155 Å². The first-order valence-electron chi connectivity index (χ1n) is 8.57. The molecule has 0 saturated carbocycles. The van der Waals surface area contributed by atoms with E-state index in [-0.39, 0.29) is 17.6 Å². The van der Waals surface area contributed by atoms with Crippen molar-refractivity contribution in [3.63, 3.8) is 0 Å². The molecular formula is C21H18FNO2S. The van der Waals surface area contributed by atoms with Gasteiger partial charge in [0, 0.05) is 39.3 Å². The Balaban J connectivity index is 1.84. The molecule has 1 amide bonds. The standard InChI is InChI=1S/C21H18FNO2S/c1-2-25-18-10-6-4-8-14(18)15-11-19(24)23-20-16(12-26-21(15)20)13-7-3-5-9-17(13)22/h3-10,12,15H,2,11H2,1H3,(H,23,24)/t15-/m1/s1. The number of hydrogen-bond acceptors (Lipinski definition) is 3. The van der Waals surface area contributed by atoms with E-state index in [2.05, 4.69) is 5.32 Å². The molecule has 0 aliphatic carbocycles. The maximum Gasteiger partial charge on any atom is 0.225 e. The number of thiophene rings is 1. The predicted molar refractivity (Wildman–Crippen MR) is 102 cm³/mol. The van der Waals surface area contributed by atoms with Gasteiger partial charge in [0.25, 0.3) is 0 Å². The van der Waals surface area contributed by atoms with Crippen LogP contribution in [0.25, 0.3) is 11.1 Å². The minimum absolute atomic E-state index is 0.0650. The van der Waals surface area contributed by atoms with Gasteiger partial charge in [0.1, 0.15) is 11.6 Å². The summed E-state index contributed by atoms with van der Waals surface area (Å²) in [5.74, 6) is 0.345. The Hall–Kier alpha value is -2.66. The normalized spacial score (nSPS) is 16.1. The topological polar surface area (TPSA) is 38.3 Å². The third-order valence-electron chi connectivity index (χ3n) is 4.55. The van der Waals surface area contributed by atoms with Crippen molar-refractivity contribution in [1.29, 1.82) is 0 Å². The predicted octanol–water partition coefficient (Wildman–Crippen LogP) is 5.43. The zero-order valence-electron chi connectivity index (χ0n) is 14.3. The highest BCUT2D eigenvalue weighted by molar-refractivity contribution is 7.11. The van der Waals surface area contributed by atoms with Gasteiger partial charge in [-0.1, -0.05) is 36.4 Å². The van der Waals surface area contributed by atoms with Gasteiger partial charge in [-0.15, -0.1) is 11.3 Å². The maximum atomic E-state index is 14.3. The van der Waals surface area contributed by atoms with Crippen LogP contribution in [0.3, 0.4) is 0 Å². The summed E-state index contributed by atoms with van der Waals surface area (Å²) in [7, 11) is 0. The molecule has 0 spiro atoms. The SMILES string of the molecule is CCOc1ccccc1[C@H]1CC(=O)Nc2c(-c3ccccc3F)csc21. The van der Waals surface area contributed by atoms with Gasteiger partial charge in [-0.25, -0.2) is 4.39 Å². The summed E-state index contributed by atoms with van der Waals surface area (Å²) in [5, 5.41) is 4.87. The van der Waals surface area contributed by atoms with E-state index in [1.165, 1.54) is 6.07 Å². The van der Waals surface area contributed by atoms with E-state index < -0.39 is 0 Å². The Kier molecular flexibility index (Phi) is 4.47. The van der Waals surface area contributed by atoms with Crippen LogP contribution >= 0.6 is 11.3 Å². The van der Waals surface area contributed by atoms with Crippen molar-refractivity contribution in [3.8, 4) is 16.9 Å². The smallest absolute Gasteiger partial charge is 0.225 e. The number of fused-ring (bicyclic) bond motifs is 1. The number of carbonyl (C=O) groups is 1. The molecule has 0 radical (unpaired) electrons. The zero-order valence-corrected chi connectivity index (χ0v) is 15.1. The van der Waals surface area contributed by atoms with Gasteiger partial charge in [0.15, 0.2) is 0 Å². The molecule has 0 fully saturated rings. The third-order valence-corrected chi connectivity index (χ3v) is 5.64. The molecule has 1 atom stereocenters. The number of halogens is 1.